The van der Waals surface area contributed by atoms with Gasteiger partial charge in [0.2, 0.25) is 11.8 Å². The van der Waals surface area contributed by atoms with Gasteiger partial charge in [-0.3, -0.25) is 14.4 Å². The Hall–Kier alpha value is -2.97. The summed E-state index contributed by atoms with van der Waals surface area (Å²) in [6.07, 6.45) is 4.65. The van der Waals surface area contributed by atoms with Crippen LogP contribution in [0.25, 0.3) is 0 Å². The molecule has 0 fully saturated rings. The first kappa shape index (κ1) is 30.1. The number of benzene rings is 1. The highest BCUT2D eigenvalue weighted by molar-refractivity contribution is 5.86. The Morgan fingerprint density at radius 3 is 2.34 bits per heavy atom. The Balaban J connectivity index is 2.60. The molecule has 8 nitrogen and oxygen atoms in total. The van der Waals surface area contributed by atoms with Crippen molar-refractivity contribution in [3.63, 3.8) is 0 Å². The predicted octanol–water partition coefficient (Wildman–Crippen LogP) is 2.57. The van der Waals surface area contributed by atoms with Crippen LogP contribution in [0.3, 0.4) is 0 Å². The zero-order chi connectivity index (χ0) is 26.1. The molecule has 8 heteroatoms. The average Bonchev–Trinajstić information content (AvgIpc) is 2.82. The predicted molar refractivity (Wildman–Crippen MR) is 135 cm³/mol. The van der Waals surface area contributed by atoms with Gasteiger partial charge in [0.05, 0.1) is 37.2 Å². The van der Waals surface area contributed by atoms with E-state index in [1.165, 1.54) is 0 Å². The van der Waals surface area contributed by atoms with E-state index >= 15 is 0 Å². The number of nitrogens with one attached hydrogen (secondary N) is 2. The molecule has 0 aliphatic heterocycles. The Labute approximate surface area is 208 Å². The third-order valence-electron chi connectivity index (χ3n) is 5.20. The van der Waals surface area contributed by atoms with Crippen LogP contribution in [-0.2, 0) is 30.3 Å². The van der Waals surface area contributed by atoms with Gasteiger partial charge in [-0.25, -0.2) is 0 Å². The van der Waals surface area contributed by atoms with E-state index in [2.05, 4.69) is 23.8 Å². The van der Waals surface area contributed by atoms with E-state index in [4.69, 9.17) is 14.6 Å². The van der Waals surface area contributed by atoms with Crippen molar-refractivity contribution in [1.29, 1.82) is 0 Å². The van der Waals surface area contributed by atoms with E-state index in [0.29, 0.717) is 19.3 Å². The maximum atomic E-state index is 12.9. The van der Waals surface area contributed by atoms with Crippen molar-refractivity contribution in [1.82, 2.24) is 10.6 Å². The van der Waals surface area contributed by atoms with E-state index in [-0.39, 0.29) is 63.1 Å². The number of aliphatic hydroxyl groups excluding tert-OH is 1. The van der Waals surface area contributed by atoms with Crippen molar-refractivity contribution < 1.29 is 29.0 Å². The number of hydrogen-bond donors (Lipinski definition) is 3. The average molecular weight is 489 g/mol. The van der Waals surface area contributed by atoms with E-state index in [1.54, 1.807) is 26.0 Å². The number of carbonyl (C=O) groups excluding carboxylic acids is 3. The van der Waals surface area contributed by atoms with Crippen molar-refractivity contribution >= 4 is 17.8 Å². The fraction of sp³-hybridized carbons (Fsp3) is 0.519. The number of carbonyl (C=O) groups is 3. The number of allylic oxidation sites excluding steroid dienone is 2. The molecule has 3 N–H and O–H groups in total. The van der Waals surface area contributed by atoms with Crippen LogP contribution >= 0.6 is 0 Å². The van der Waals surface area contributed by atoms with E-state index in [1.807, 2.05) is 30.3 Å². The summed E-state index contributed by atoms with van der Waals surface area (Å²) in [5.74, 6) is -1.91. The second kappa shape index (κ2) is 16.6. The van der Waals surface area contributed by atoms with Crippen LogP contribution in [0, 0.1) is 11.8 Å². The first-order valence-electron chi connectivity index (χ1n) is 11.9. The minimum Gasteiger partial charge on any atom is -0.463 e. The summed E-state index contributed by atoms with van der Waals surface area (Å²) >= 11 is 0. The minimum atomic E-state index is -0.827. The van der Waals surface area contributed by atoms with Gasteiger partial charge in [-0.15, -0.1) is 13.2 Å². The van der Waals surface area contributed by atoms with Crippen molar-refractivity contribution in [2.45, 2.75) is 45.1 Å². The second-order valence-electron chi connectivity index (χ2n) is 9.00. The lowest BCUT2D eigenvalue weighted by Crippen LogP contribution is -2.50. The number of rotatable bonds is 18. The number of aliphatic hydroxyl groups is 1. The molecule has 0 radical (unpaired) electrons. The van der Waals surface area contributed by atoms with Gasteiger partial charge in [0.25, 0.3) is 0 Å². The Kier molecular flexibility index (Phi) is 14.3. The van der Waals surface area contributed by atoms with Crippen LogP contribution in [0.15, 0.2) is 55.6 Å². The molecular weight excluding hydrogens is 448 g/mol. The molecule has 0 aromatic heterocycles. The zero-order valence-electron chi connectivity index (χ0n) is 21.0. The third kappa shape index (κ3) is 12.9. The smallest absolute Gasteiger partial charge is 0.309 e. The highest BCUT2D eigenvalue weighted by Gasteiger charge is 2.29. The zero-order valence-corrected chi connectivity index (χ0v) is 21.0. The van der Waals surface area contributed by atoms with Gasteiger partial charge in [0, 0.05) is 13.0 Å². The van der Waals surface area contributed by atoms with Crippen molar-refractivity contribution in [2.24, 2.45) is 11.8 Å². The van der Waals surface area contributed by atoms with Crippen molar-refractivity contribution in [3.05, 3.63) is 61.2 Å². The van der Waals surface area contributed by atoms with E-state index in [9.17, 15) is 14.4 Å². The topological polar surface area (TPSA) is 114 Å². The van der Waals surface area contributed by atoms with Gasteiger partial charge in [-0.2, -0.15) is 0 Å². The molecule has 1 rings (SSSR count). The molecule has 0 heterocycles. The van der Waals surface area contributed by atoms with Crippen LogP contribution in [0.2, 0.25) is 0 Å². The Morgan fingerprint density at radius 2 is 1.71 bits per heavy atom. The minimum absolute atomic E-state index is 0.00475. The molecule has 0 unspecified atom stereocenters. The highest BCUT2D eigenvalue weighted by atomic mass is 16.5. The summed E-state index contributed by atoms with van der Waals surface area (Å²) in [5.41, 5.74) is 0.209. The van der Waals surface area contributed by atoms with Crippen LogP contribution in [0.1, 0.15) is 38.7 Å². The van der Waals surface area contributed by atoms with Crippen LogP contribution in [0.5, 0.6) is 0 Å². The molecule has 0 spiro atoms. The summed E-state index contributed by atoms with van der Waals surface area (Å²) < 4.78 is 10.7. The third-order valence-corrected chi connectivity index (χ3v) is 5.20. The molecule has 35 heavy (non-hydrogen) atoms. The van der Waals surface area contributed by atoms with E-state index in [0.717, 1.165) is 5.56 Å². The monoisotopic (exact) mass is 488 g/mol. The van der Waals surface area contributed by atoms with Gasteiger partial charge in [0.15, 0.2) is 0 Å². The van der Waals surface area contributed by atoms with Crippen molar-refractivity contribution in [2.75, 3.05) is 33.0 Å². The summed E-state index contributed by atoms with van der Waals surface area (Å²) in [6.45, 7) is 11.6. The molecule has 2 amide bonds. The number of esters is 1. The molecule has 0 saturated heterocycles. The highest BCUT2D eigenvalue weighted by Crippen LogP contribution is 2.17. The lowest BCUT2D eigenvalue weighted by molar-refractivity contribution is -0.151. The standard InChI is InChI=1S/C27H40N2O6/c1-5-10-22(19-24(31)28-14-16-34-17-15-30)25(32)29-27(3,4)20-35-26(33)23(11-6-2)18-21-12-8-7-9-13-21/h5-9,12-13,22-23,30H,1-2,10-11,14-20H2,3-4H3,(H,28,31)(H,29,32)/t22-,23-/m0/s1. The first-order valence-corrected chi connectivity index (χ1v) is 11.9. The van der Waals surface area contributed by atoms with Crippen LogP contribution in [-0.4, -0.2) is 61.4 Å². The fourth-order valence-electron chi connectivity index (χ4n) is 3.41. The quantitative estimate of drug-likeness (QED) is 0.166. The molecular formula is C27H40N2O6. The number of hydrogen-bond acceptors (Lipinski definition) is 6. The first-order chi connectivity index (χ1) is 16.7. The van der Waals surface area contributed by atoms with Gasteiger partial charge in [-0.1, -0.05) is 42.5 Å². The summed E-state index contributed by atoms with van der Waals surface area (Å²) in [7, 11) is 0. The largest absolute Gasteiger partial charge is 0.463 e. The Bertz CT molecular complexity index is 809. The SMILES string of the molecule is C=CC[C@@H](CC(=O)NCCOCCO)C(=O)NC(C)(C)COC(=O)[C@@H](CC=C)Cc1ccccc1. The molecule has 0 saturated carbocycles. The van der Waals surface area contributed by atoms with Gasteiger partial charge in [-0.05, 0) is 38.7 Å². The lowest BCUT2D eigenvalue weighted by Gasteiger charge is -2.29. The van der Waals surface area contributed by atoms with E-state index < -0.39 is 11.5 Å². The number of amides is 2. The molecule has 0 aliphatic carbocycles. The fourth-order valence-corrected chi connectivity index (χ4v) is 3.41. The molecule has 1 aromatic carbocycles. The maximum absolute atomic E-state index is 12.9. The van der Waals surface area contributed by atoms with Gasteiger partial charge >= 0.3 is 5.97 Å². The van der Waals surface area contributed by atoms with Crippen molar-refractivity contribution in [3.8, 4) is 0 Å². The molecule has 1 aromatic rings. The normalized spacial score (nSPS) is 12.8. The molecule has 0 bridgehead atoms. The Morgan fingerprint density at radius 1 is 1.06 bits per heavy atom. The summed E-state index contributed by atoms with van der Waals surface area (Å²) in [6, 6.07) is 9.70. The molecule has 2 atom stereocenters. The number of ether oxygens (including phenoxy) is 2. The van der Waals surface area contributed by atoms with Gasteiger partial charge in [0.1, 0.15) is 6.61 Å². The second-order valence-corrected chi connectivity index (χ2v) is 9.00. The molecule has 0 aliphatic rings. The summed E-state index contributed by atoms with van der Waals surface area (Å²) in [5, 5.41) is 14.3. The van der Waals surface area contributed by atoms with Gasteiger partial charge < -0.3 is 25.2 Å². The van der Waals surface area contributed by atoms with Crippen LogP contribution in [0.4, 0.5) is 0 Å². The van der Waals surface area contributed by atoms with Crippen LogP contribution < -0.4 is 10.6 Å². The lowest BCUT2D eigenvalue weighted by atomic mass is 9.96. The summed E-state index contributed by atoms with van der Waals surface area (Å²) in [4.78, 5) is 37.8. The maximum Gasteiger partial charge on any atom is 0.309 e. The molecule has 194 valence electrons.